The van der Waals surface area contributed by atoms with Crippen LogP contribution >= 0.6 is 11.3 Å². The smallest absolute Gasteiger partial charge is 0.235 e. The molecule has 0 atom stereocenters. The first-order valence-electron chi connectivity index (χ1n) is 6.63. The molecule has 0 unspecified atom stereocenters. The third-order valence-corrected chi connectivity index (χ3v) is 4.93. The Balaban J connectivity index is 1.73. The van der Waals surface area contributed by atoms with Crippen LogP contribution in [-0.2, 0) is 34.1 Å². The molecule has 1 aliphatic rings. The first-order chi connectivity index (χ1) is 9.44. The number of fused-ring (bicyclic) bond motifs is 1. The molecule has 0 fully saturated rings. The van der Waals surface area contributed by atoms with Crippen LogP contribution in [0.2, 0.25) is 0 Å². The third-order valence-electron chi connectivity index (χ3n) is 3.05. The zero-order valence-corrected chi connectivity index (χ0v) is 13.1. The van der Waals surface area contributed by atoms with Crippen LogP contribution in [0.5, 0.6) is 0 Å². The summed E-state index contributed by atoms with van der Waals surface area (Å²) in [4.78, 5) is 17.4. The van der Waals surface area contributed by atoms with Crippen molar-refractivity contribution in [2.75, 3.05) is 19.3 Å². The van der Waals surface area contributed by atoms with E-state index >= 15 is 0 Å². The molecule has 20 heavy (non-hydrogen) atoms. The maximum absolute atomic E-state index is 11.4. The minimum Gasteiger partial charge on any atom is -0.355 e. The molecule has 6 nitrogen and oxygen atoms in total. The largest absolute Gasteiger partial charge is 0.355 e. The van der Waals surface area contributed by atoms with Gasteiger partial charge in [-0.05, 0) is 25.7 Å². The molecule has 1 heterocycles. The Morgan fingerprint density at radius 3 is 2.80 bits per heavy atom. The number of nitrogens with zero attached hydrogens (tertiary/aromatic N) is 1. The maximum Gasteiger partial charge on any atom is 0.235 e. The van der Waals surface area contributed by atoms with Crippen molar-refractivity contribution in [1.82, 2.24) is 15.0 Å². The van der Waals surface area contributed by atoms with Gasteiger partial charge in [0.1, 0.15) is 0 Å². The van der Waals surface area contributed by atoms with Gasteiger partial charge in [-0.1, -0.05) is 0 Å². The van der Waals surface area contributed by atoms with Crippen LogP contribution in [-0.4, -0.2) is 38.7 Å². The van der Waals surface area contributed by atoms with E-state index in [-0.39, 0.29) is 12.5 Å². The van der Waals surface area contributed by atoms with Crippen molar-refractivity contribution in [2.24, 2.45) is 0 Å². The summed E-state index contributed by atoms with van der Waals surface area (Å²) in [7, 11) is -3.32. The summed E-state index contributed by atoms with van der Waals surface area (Å²) in [6.45, 7) is 0.268. The highest BCUT2D eigenvalue weighted by Crippen LogP contribution is 2.26. The van der Waals surface area contributed by atoms with Gasteiger partial charge in [-0.2, -0.15) is 0 Å². The Labute approximate surface area is 123 Å². The third kappa shape index (κ3) is 4.84. The maximum atomic E-state index is 11.4. The fraction of sp³-hybridized carbons (Fsp3) is 0.667. The van der Waals surface area contributed by atoms with Gasteiger partial charge in [0.15, 0.2) is 0 Å². The minimum atomic E-state index is -3.32. The highest BCUT2D eigenvalue weighted by atomic mass is 32.2. The minimum absolute atomic E-state index is 0.215. The molecule has 0 aromatic carbocycles. The van der Waals surface area contributed by atoms with Crippen LogP contribution in [0.25, 0.3) is 0 Å². The van der Waals surface area contributed by atoms with Crippen LogP contribution in [0.4, 0.5) is 0 Å². The van der Waals surface area contributed by atoms with Crippen molar-refractivity contribution in [1.29, 1.82) is 0 Å². The summed E-state index contributed by atoms with van der Waals surface area (Å²) in [6.07, 6.45) is 6.36. The molecule has 0 saturated carbocycles. The second-order valence-electron chi connectivity index (χ2n) is 4.88. The zero-order chi connectivity index (χ0) is 14.6. The van der Waals surface area contributed by atoms with E-state index in [2.05, 4.69) is 15.0 Å². The number of thiazole rings is 1. The zero-order valence-electron chi connectivity index (χ0n) is 11.4. The van der Waals surface area contributed by atoms with Gasteiger partial charge in [-0.15, -0.1) is 11.3 Å². The molecular formula is C12H19N3O3S2. The summed E-state index contributed by atoms with van der Waals surface area (Å²) in [6, 6.07) is 0. The van der Waals surface area contributed by atoms with Crippen molar-refractivity contribution in [3.05, 3.63) is 15.6 Å². The summed E-state index contributed by atoms with van der Waals surface area (Å²) >= 11 is 1.73. The summed E-state index contributed by atoms with van der Waals surface area (Å²) < 4.78 is 23.8. The van der Waals surface area contributed by atoms with Gasteiger partial charge < -0.3 is 5.32 Å². The summed E-state index contributed by atoms with van der Waals surface area (Å²) in [5, 5.41) is 3.73. The van der Waals surface area contributed by atoms with E-state index in [0.717, 1.165) is 24.1 Å². The Kier molecular flexibility index (Phi) is 5.11. The Morgan fingerprint density at radius 2 is 2.10 bits per heavy atom. The van der Waals surface area contributed by atoms with Crippen LogP contribution < -0.4 is 10.0 Å². The van der Waals surface area contributed by atoms with E-state index in [1.165, 1.54) is 23.4 Å². The molecule has 2 N–H and O–H groups in total. The van der Waals surface area contributed by atoms with Gasteiger partial charge in [-0.3, -0.25) is 4.79 Å². The molecule has 0 radical (unpaired) electrons. The highest BCUT2D eigenvalue weighted by Gasteiger charge is 2.15. The second-order valence-corrected chi connectivity index (χ2v) is 7.88. The molecule has 0 bridgehead atoms. The highest BCUT2D eigenvalue weighted by molar-refractivity contribution is 7.88. The normalized spacial score (nSPS) is 14.8. The number of sulfonamides is 1. The fourth-order valence-electron chi connectivity index (χ4n) is 2.08. The second kappa shape index (κ2) is 6.64. The van der Waals surface area contributed by atoms with Gasteiger partial charge in [0.25, 0.3) is 0 Å². The van der Waals surface area contributed by atoms with Gasteiger partial charge in [0, 0.05) is 17.8 Å². The van der Waals surface area contributed by atoms with Crippen molar-refractivity contribution < 1.29 is 13.2 Å². The van der Waals surface area contributed by atoms with Crippen LogP contribution in [0.15, 0.2) is 0 Å². The lowest BCUT2D eigenvalue weighted by molar-refractivity contribution is -0.119. The summed E-state index contributed by atoms with van der Waals surface area (Å²) in [5.41, 5.74) is 1.22. The standard InChI is InChI=1S/C12H19N3O3S2/c1-20(17,18)14-8-11(16)13-7-6-12-15-9-4-2-3-5-10(9)19-12/h14H,2-8H2,1H3,(H,13,16). The molecule has 0 saturated heterocycles. The number of hydrogen-bond acceptors (Lipinski definition) is 5. The van der Waals surface area contributed by atoms with Crippen LogP contribution in [0, 0.1) is 0 Å². The Bertz CT molecular complexity index is 557. The van der Waals surface area contributed by atoms with Crippen molar-refractivity contribution in [3.63, 3.8) is 0 Å². The lowest BCUT2D eigenvalue weighted by Crippen LogP contribution is -2.37. The molecule has 0 spiro atoms. The SMILES string of the molecule is CS(=O)(=O)NCC(=O)NCCc1nc2c(s1)CCCC2. The van der Waals surface area contributed by atoms with E-state index in [1.807, 2.05) is 0 Å². The van der Waals surface area contributed by atoms with Crippen molar-refractivity contribution >= 4 is 27.3 Å². The van der Waals surface area contributed by atoms with E-state index in [4.69, 9.17) is 0 Å². The fourth-order valence-corrected chi connectivity index (χ4v) is 3.63. The molecule has 1 aliphatic carbocycles. The first-order valence-corrected chi connectivity index (χ1v) is 9.33. The molecule has 1 amide bonds. The van der Waals surface area contributed by atoms with E-state index in [9.17, 15) is 13.2 Å². The lowest BCUT2D eigenvalue weighted by atomic mass is 10.0. The molecule has 0 aliphatic heterocycles. The van der Waals surface area contributed by atoms with Gasteiger partial charge >= 0.3 is 0 Å². The number of amides is 1. The Morgan fingerprint density at radius 1 is 1.35 bits per heavy atom. The van der Waals surface area contributed by atoms with E-state index < -0.39 is 10.0 Å². The predicted molar refractivity (Wildman–Crippen MR) is 78.3 cm³/mol. The average molecular weight is 317 g/mol. The molecule has 112 valence electrons. The lowest BCUT2D eigenvalue weighted by Gasteiger charge is -2.06. The number of aryl methyl sites for hydroxylation is 2. The molecule has 1 aromatic heterocycles. The van der Waals surface area contributed by atoms with Crippen LogP contribution in [0.1, 0.15) is 28.4 Å². The molecular weight excluding hydrogens is 298 g/mol. The number of aromatic nitrogens is 1. The van der Waals surface area contributed by atoms with E-state index in [1.54, 1.807) is 11.3 Å². The predicted octanol–water partition coefficient (Wildman–Crippen LogP) is 0.230. The monoisotopic (exact) mass is 317 g/mol. The van der Waals surface area contributed by atoms with E-state index in [0.29, 0.717) is 13.0 Å². The first kappa shape index (κ1) is 15.4. The van der Waals surface area contributed by atoms with Gasteiger partial charge in [0.2, 0.25) is 15.9 Å². The number of rotatable bonds is 6. The number of carbonyl (C=O) groups excluding carboxylic acids is 1. The van der Waals surface area contributed by atoms with Crippen LogP contribution in [0.3, 0.4) is 0 Å². The quantitative estimate of drug-likeness (QED) is 0.786. The van der Waals surface area contributed by atoms with Crippen molar-refractivity contribution in [3.8, 4) is 0 Å². The number of carbonyl (C=O) groups is 1. The molecule has 8 heteroatoms. The van der Waals surface area contributed by atoms with Crippen molar-refractivity contribution in [2.45, 2.75) is 32.1 Å². The topological polar surface area (TPSA) is 88.2 Å². The number of hydrogen-bond donors (Lipinski definition) is 2. The van der Waals surface area contributed by atoms with Gasteiger partial charge in [-0.25, -0.2) is 18.1 Å². The molecule has 1 aromatic rings. The van der Waals surface area contributed by atoms with Gasteiger partial charge in [0.05, 0.1) is 23.5 Å². The molecule has 2 rings (SSSR count). The summed E-state index contributed by atoms with van der Waals surface area (Å²) in [5.74, 6) is -0.322. The number of nitrogens with one attached hydrogen (secondary N) is 2. The average Bonchev–Trinajstić information content (AvgIpc) is 2.78. The Hall–Kier alpha value is -0.990.